The van der Waals surface area contributed by atoms with Crippen molar-refractivity contribution in [3.05, 3.63) is 69.8 Å². The molecule has 0 heterocycles. The first kappa shape index (κ1) is 23.8. The van der Waals surface area contributed by atoms with Crippen LogP contribution in [0.5, 0.6) is 0 Å². The van der Waals surface area contributed by atoms with Crippen molar-refractivity contribution in [2.75, 3.05) is 0 Å². The molecule has 2 aromatic carbocycles. The summed E-state index contributed by atoms with van der Waals surface area (Å²) in [6.45, 7) is 15.5. The molecule has 0 nitrogen and oxygen atoms in total. The zero-order chi connectivity index (χ0) is 21.2. The first-order valence-electron chi connectivity index (χ1n) is 10.5. The minimum atomic E-state index is -1.26. The van der Waals surface area contributed by atoms with Crippen LogP contribution in [0.2, 0.25) is 19.6 Å². The van der Waals surface area contributed by atoms with Gasteiger partial charge < -0.3 is 0 Å². The van der Waals surface area contributed by atoms with Crippen molar-refractivity contribution < 1.29 is 0 Å². The van der Waals surface area contributed by atoms with Gasteiger partial charge in [0, 0.05) is 11.1 Å². The topological polar surface area (TPSA) is 0 Å². The first-order valence-corrected chi connectivity index (χ1v) is 14.0. The third kappa shape index (κ3) is 8.64. The van der Waals surface area contributed by atoms with Gasteiger partial charge in [-0.25, -0.2) is 0 Å². The van der Waals surface area contributed by atoms with Gasteiger partial charge in [0.15, 0.2) is 0 Å². The van der Waals surface area contributed by atoms with E-state index < -0.39 is 8.07 Å². The van der Waals surface area contributed by atoms with Crippen molar-refractivity contribution in [2.24, 2.45) is 0 Å². The Hall–Kier alpha value is -2.22. The Labute approximate surface area is 174 Å². The van der Waals surface area contributed by atoms with E-state index in [0.717, 1.165) is 31.2 Å². The van der Waals surface area contributed by atoms with E-state index in [1.165, 1.54) is 27.8 Å². The molecule has 0 aliphatic carbocycles. The largest absolute Gasteiger partial charge is 0.129 e. The number of terminal acetylenes is 1. The lowest BCUT2D eigenvalue weighted by molar-refractivity contribution is 1.08. The SMILES string of the molecule is C#Cc1cc(CC)cc(CC)c1.CCc1cc(C#C[Si](C)(C)C)cc(CC)c1. The highest BCUT2D eigenvalue weighted by molar-refractivity contribution is 6.83. The average Bonchev–Trinajstić information content (AvgIpc) is 2.71. The smallest absolute Gasteiger partial charge is 0.127 e. The maximum Gasteiger partial charge on any atom is 0.129 e. The lowest BCUT2D eigenvalue weighted by Gasteiger charge is -2.05. The summed E-state index contributed by atoms with van der Waals surface area (Å²) in [5.74, 6) is 6.02. The van der Waals surface area contributed by atoms with Crippen molar-refractivity contribution in [3.8, 4) is 23.8 Å². The van der Waals surface area contributed by atoms with Crippen LogP contribution < -0.4 is 0 Å². The molecule has 0 aliphatic heterocycles. The van der Waals surface area contributed by atoms with E-state index in [0.29, 0.717) is 0 Å². The van der Waals surface area contributed by atoms with Crippen LogP contribution in [0.3, 0.4) is 0 Å². The summed E-state index contributed by atoms with van der Waals surface area (Å²) < 4.78 is 0. The number of hydrogen-bond donors (Lipinski definition) is 0. The van der Waals surface area contributed by atoms with Gasteiger partial charge in [-0.15, -0.1) is 12.0 Å². The highest BCUT2D eigenvalue weighted by atomic mass is 28.3. The van der Waals surface area contributed by atoms with Crippen molar-refractivity contribution in [1.29, 1.82) is 0 Å². The van der Waals surface area contributed by atoms with E-state index in [4.69, 9.17) is 6.42 Å². The monoisotopic (exact) mass is 388 g/mol. The lowest BCUT2D eigenvalue weighted by atomic mass is 10.0. The molecule has 0 N–H and O–H groups in total. The van der Waals surface area contributed by atoms with Gasteiger partial charge in [0.05, 0.1) is 0 Å². The Morgan fingerprint density at radius 2 is 1.00 bits per heavy atom. The summed E-state index contributed by atoms with van der Waals surface area (Å²) in [6, 6.07) is 13.1. The second-order valence-corrected chi connectivity index (χ2v) is 12.9. The van der Waals surface area contributed by atoms with Gasteiger partial charge in [0.25, 0.3) is 0 Å². The molecular formula is C27H36Si. The predicted octanol–water partition coefficient (Wildman–Crippen LogP) is 6.83. The Balaban J connectivity index is 0.000000292. The average molecular weight is 389 g/mol. The quantitative estimate of drug-likeness (QED) is 0.397. The number of hydrogen-bond acceptors (Lipinski definition) is 0. The second-order valence-electron chi connectivity index (χ2n) is 8.13. The molecule has 0 bridgehead atoms. The third-order valence-corrected chi connectivity index (χ3v) is 5.36. The summed E-state index contributed by atoms with van der Waals surface area (Å²) in [4.78, 5) is 0. The standard InChI is InChI=1S/C15H22Si.C12H14/c1-6-13-10-14(7-2)12-15(11-13)8-9-16(3,4)5;1-4-10-7-11(5-2)9-12(6-3)8-10/h10-12H,6-7H2,1-5H3;1,7-9H,5-6H2,2-3H3. The van der Waals surface area contributed by atoms with Crippen molar-refractivity contribution in [2.45, 2.75) is 73.0 Å². The fraction of sp³-hybridized carbons (Fsp3) is 0.407. The van der Waals surface area contributed by atoms with Gasteiger partial charge in [0.2, 0.25) is 0 Å². The van der Waals surface area contributed by atoms with Crippen LogP contribution in [0, 0.1) is 23.8 Å². The molecule has 0 saturated carbocycles. The summed E-state index contributed by atoms with van der Waals surface area (Å²) in [7, 11) is -1.26. The van der Waals surface area contributed by atoms with Crippen LogP contribution in [0.15, 0.2) is 36.4 Å². The number of aryl methyl sites for hydroxylation is 4. The molecular weight excluding hydrogens is 352 g/mol. The Bertz CT molecular complexity index is 819. The Morgan fingerprint density at radius 3 is 1.29 bits per heavy atom. The van der Waals surface area contributed by atoms with Crippen LogP contribution in [0.1, 0.15) is 61.1 Å². The summed E-state index contributed by atoms with van der Waals surface area (Å²) >= 11 is 0. The molecule has 0 spiro atoms. The van der Waals surface area contributed by atoms with Gasteiger partial charge in [-0.2, -0.15) is 0 Å². The number of benzene rings is 2. The maximum atomic E-state index is 5.35. The van der Waals surface area contributed by atoms with Crippen LogP contribution >= 0.6 is 0 Å². The highest BCUT2D eigenvalue weighted by Crippen LogP contribution is 2.12. The van der Waals surface area contributed by atoms with E-state index >= 15 is 0 Å². The molecule has 0 aliphatic rings. The third-order valence-electron chi connectivity index (χ3n) is 4.49. The molecule has 148 valence electrons. The van der Waals surface area contributed by atoms with Crippen LogP contribution in [0.4, 0.5) is 0 Å². The molecule has 0 saturated heterocycles. The Kier molecular flexibility index (Phi) is 9.85. The second kappa shape index (κ2) is 11.6. The van der Waals surface area contributed by atoms with Crippen molar-refractivity contribution >= 4 is 8.07 Å². The molecule has 28 heavy (non-hydrogen) atoms. The molecule has 2 rings (SSSR count). The zero-order valence-corrected chi connectivity index (χ0v) is 19.9. The van der Waals surface area contributed by atoms with Crippen LogP contribution in [-0.2, 0) is 25.7 Å². The van der Waals surface area contributed by atoms with Gasteiger partial charge in [-0.05, 0) is 72.2 Å². The normalized spacial score (nSPS) is 10.2. The molecule has 0 fully saturated rings. The van der Waals surface area contributed by atoms with E-state index in [1.54, 1.807) is 0 Å². The predicted molar refractivity (Wildman–Crippen MR) is 129 cm³/mol. The van der Waals surface area contributed by atoms with E-state index in [2.05, 4.69) is 101 Å². The summed E-state index contributed by atoms with van der Waals surface area (Å²) in [5, 5.41) is 0. The summed E-state index contributed by atoms with van der Waals surface area (Å²) in [5.41, 5.74) is 11.1. The molecule has 1 heteroatoms. The van der Waals surface area contributed by atoms with Gasteiger partial charge in [0.1, 0.15) is 8.07 Å². The molecule has 0 radical (unpaired) electrons. The van der Waals surface area contributed by atoms with E-state index in [9.17, 15) is 0 Å². The molecule has 0 atom stereocenters. The fourth-order valence-electron chi connectivity index (χ4n) is 2.76. The van der Waals surface area contributed by atoms with Crippen LogP contribution in [-0.4, -0.2) is 8.07 Å². The Morgan fingerprint density at radius 1 is 0.643 bits per heavy atom. The molecule has 0 aromatic heterocycles. The molecule has 0 amide bonds. The highest BCUT2D eigenvalue weighted by Gasteiger charge is 2.07. The first-order chi connectivity index (χ1) is 13.2. The van der Waals surface area contributed by atoms with Gasteiger partial charge >= 0.3 is 0 Å². The fourth-order valence-corrected chi connectivity index (χ4v) is 3.28. The lowest BCUT2D eigenvalue weighted by Crippen LogP contribution is -2.16. The molecule has 0 unspecified atom stereocenters. The van der Waals surface area contributed by atoms with E-state index in [1.807, 2.05) is 0 Å². The van der Waals surface area contributed by atoms with Crippen molar-refractivity contribution in [3.63, 3.8) is 0 Å². The minimum absolute atomic E-state index is 1.01. The van der Waals surface area contributed by atoms with E-state index in [-0.39, 0.29) is 0 Å². The molecule has 2 aromatic rings. The summed E-state index contributed by atoms with van der Waals surface area (Å²) in [6.07, 6.45) is 9.65. The zero-order valence-electron chi connectivity index (χ0n) is 18.9. The van der Waals surface area contributed by atoms with Gasteiger partial charge in [-0.3, -0.25) is 0 Å². The van der Waals surface area contributed by atoms with Crippen molar-refractivity contribution in [1.82, 2.24) is 0 Å². The maximum absolute atomic E-state index is 5.35. The minimum Gasteiger partial charge on any atom is -0.127 e. The van der Waals surface area contributed by atoms with Gasteiger partial charge in [-0.1, -0.05) is 71.3 Å². The number of rotatable bonds is 4. The van der Waals surface area contributed by atoms with Crippen LogP contribution in [0.25, 0.3) is 0 Å².